The Bertz CT molecular complexity index is 349. The number of hydrogen-bond acceptors (Lipinski definition) is 3. The summed E-state index contributed by atoms with van der Waals surface area (Å²) in [5.41, 5.74) is 1.19. The van der Waals surface area contributed by atoms with Gasteiger partial charge in [-0.05, 0) is 39.1 Å². The van der Waals surface area contributed by atoms with Crippen molar-refractivity contribution in [3.8, 4) is 0 Å². The number of rotatable bonds is 3. The van der Waals surface area contributed by atoms with Gasteiger partial charge >= 0.3 is 0 Å². The fourth-order valence-corrected chi connectivity index (χ4v) is 2.21. The van der Waals surface area contributed by atoms with E-state index in [0.717, 1.165) is 25.3 Å². The Balaban J connectivity index is 2.08. The first-order valence-corrected chi connectivity index (χ1v) is 6.08. The molecule has 16 heavy (non-hydrogen) atoms. The zero-order valence-electron chi connectivity index (χ0n) is 10.5. The van der Waals surface area contributed by atoms with Gasteiger partial charge in [0.25, 0.3) is 0 Å². The van der Waals surface area contributed by atoms with Gasteiger partial charge in [0, 0.05) is 24.8 Å². The summed E-state index contributed by atoms with van der Waals surface area (Å²) in [6, 6.07) is 7.01. The molecule has 0 N–H and O–H groups in total. The number of hydrogen-bond donors (Lipinski definition) is 0. The van der Waals surface area contributed by atoms with Gasteiger partial charge in [0.15, 0.2) is 0 Å². The van der Waals surface area contributed by atoms with Crippen LogP contribution in [0.3, 0.4) is 0 Å². The van der Waals surface area contributed by atoms with E-state index in [1.165, 1.54) is 12.1 Å². The molecule has 1 aliphatic heterocycles. The molecule has 0 amide bonds. The molecule has 0 aliphatic carbocycles. The number of anilines is 1. The van der Waals surface area contributed by atoms with E-state index < -0.39 is 0 Å². The van der Waals surface area contributed by atoms with Crippen molar-refractivity contribution in [1.82, 2.24) is 9.88 Å². The van der Waals surface area contributed by atoms with E-state index in [-0.39, 0.29) is 0 Å². The molecule has 3 nitrogen and oxygen atoms in total. The lowest BCUT2D eigenvalue weighted by atomic mass is 10.2. The third-order valence-corrected chi connectivity index (χ3v) is 3.37. The molecule has 1 aromatic heterocycles. The van der Waals surface area contributed by atoms with Crippen molar-refractivity contribution in [3.05, 3.63) is 23.9 Å². The molecule has 0 spiro atoms. The molecule has 1 unspecified atom stereocenters. The molecule has 0 saturated carbocycles. The summed E-state index contributed by atoms with van der Waals surface area (Å²) in [4.78, 5) is 9.38. The molecule has 1 fully saturated rings. The van der Waals surface area contributed by atoms with Gasteiger partial charge < -0.3 is 9.80 Å². The Kier molecular flexibility index (Phi) is 3.44. The Morgan fingerprint density at radius 2 is 2.25 bits per heavy atom. The normalized spacial score (nSPS) is 20.8. The van der Waals surface area contributed by atoms with E-state index in [1.54, 1.807) is 0 Å². The quantitative estimate of drug-likeness (QED) is 0.772. The highest BCUT2D eigenvalue weighted by Gasteiger charge is 2.24. The van der Waals surface area contributed by atoms with Crippen LogP contribution in [0, 0.1) is 0 Å². The highest BCUT2D eigenvalue weighted by Crippen LogP contribution is 2.20. The van der Waals surface area contributed by atoms with Gasteiger partial charge in [0.2, 0.25) is 0 Å². The molecule has 2 rings (SSSR count). The van der Waals surface area contributed by atoms with Crippen LogP contribution in [-0.4, -0.2) is 43.1 Å². The second-order valence-corrected chi connectivity index (χ2v) is 4.69. The van der Waals surface area contributed by atoms with E-state index in [9.17, 15) is 0 Å². The largest absolute Gasteiger partial charge is 0.355 e. The zero-order valence-corrected chi connectivity index (χ0v) is 10.5. The van der Waals surface area contributed by atoms with Crippen molar-refractivity contribution in [2.75, 3.05) is 32.1 Å². The molecule has 1 aromatic rings. The predicted molar refractivity (Wildman–Crippen MR) is 67.9 cm³/mol. The molecular formula is C13H21N3. The van der Waals surface area contributed by atoms with Crippen molar-refractivity contribution in [2.45, 2.75) is 25.8 Å². The summed E-state index contributed by atoms with van der Waals surface area (Å²) in [7, 11) is 4.31. The SMILES string of the molecule is CCc1cccc(N2CCC(N(C)C)C2)n1. The second-order valence-electron chi connectivity index (χ2n) is 4.69. The number of aryl methyl sites for hydroxylation is 1. The van der Waals surface area contributed by atoms with Crippen LogP contribution in [0.2, 0.25) is 0 Å². The maximum atomic E-state index is 4.67. The van der Waals surface area contributed by atoms with Crippen molar-refractivity contribution < 1.29 is 0 Å². The molecule has 3 heteroatoms. The van der Waals surface area contributed by atoms with Gasteiger partial charge in [-0.3, -0.25) is 0 Å². The molecule has 0 aromatic carbocycles. The third-order valence-electron chi connectivity index (χ3n) is 3.37. The molecule has 1 aliphatic rings. The average molecular weight is 219 g/mol. The van der Waals surface area contributed by atoms with Gasteiger partial charge in [-0.1, -0.05) is 13.0 Å². The average Bonchev–Trinajstić information content (AvgIpc) is 2.78. The van der Waals surface area contributed by atoms with E-state index in [1.807, 2.05) is 0 Å². The van der Waals surface area contributed by atoms with Gasteiger partial charge in [-0.2, -0.15) is 0 Å². The van der Waals surface area contributed by atoms with E-state index in [2.05, 4.69) is 54.0 Å². The van der Waals surface area contributed by atoms with Crippen molar-refractivity contribution in [3.63, 3.8) is 0 Å². The van der Waals surface area contributed by atoms with Gasteiger partial charge in [0.1, 0.15) is 5.82 Å². The minimum atomic E-state index is 0.673. The molecule has 2 heterocycles. The smallest absolute Gasteiger partial charge is 0.128 e. The van der Waals surface area contributed by atoms with Crippen molar-refractivity contribution >= 4 is 5.82 Å². The van der Waals surface area contributed by atoms with Crippen LogP contribution in [0.15, 0.2) is 18.2 Å². The van der Waals surface area contributed by atoms with Crippen LogP contribution in [0.1, 0.15) is 19.0 Å². The summed E-state index contributed by atoms with van der Waals surface area (Å²) >= 11 is 0. The maximum Gasteiger partial charge on any atom is 0.128 e. The Hall–Kier alpha value is -1.09. The number of pyridine rings is 1. The van der Waals surface area contributed by atoms with Crippen LogP contribution in [0.25, 0.3) is 0 Å². The molecular weight excluding hydrogens is 198 g/mol. The molecule has 0 radical (unpaired) electrons. The first kappa shape index (κ1) is 11.4. The van der Waals surface area contributed by atoms with Crippen molar-refractivity contribution in [2.24, 2.45) is 0 Å². The van der Waals surface area contributed by atoms with Gasteiger partial charge in [-0.15, -0.1) is 0 Å². The van der Waals surface area contributed by atoms with E-state index >= 15 is 0 Å². The van der Waals surface area contributed by atoms with Crippen LogP contribution in [-0.2, 0) is 6.42 Å². The zero-order chi connectivity index (χ0) is 11.5. The summed E-state index contributed by atoms with van der Waals surface area (Å²) in [6.45, 7) is 4.38. The predicted octanol–water partition coefficient (Wildman–Crippen LogP) is 1.78. The molecule has 0 bridgehead atoms. The lowest BCUT2D eigenvalue weighted by Gasteiger charge is -2.21. The minimum Gasteiger partial charge on any atom is -0.355 e. The monoisotopic (exact) mass is 219 g/mol. The highest BCUT2D eigenvalue weighted by atomic mass is 15.3. The molecule has 1 atom stereocenters. The lowest BCUT2D eigenvalue weighted by Crippen LogP contribution is -2.31. The number of aromatic nitrogens is 1. The minimum absolute atomic E-state index is 0.673. The van der Waals surface area contributed by atoms with Gasteiger partial charge in [0.05, 0.1) is 0 Å². The van der Waals surface area contributed by atoms with E-state index in [4.69, 9.17) is 0 Å². The maximum absolute atomic E-state index is 4.67. The second kappa shape index (κ2) is 4.83. The fraction of sp³-hybridized carbons (Fsp3) is 0.615. The first-order chi connectivity index (χ1) is 7.70. The summed E-state index contributed by atoms with van der Waals surface area (Å²) < 4.78 is 0. The lowest BCUT2D eigenvalue weighted by molar-refractivity contribution is 0.315. The summed E-state index contributed by atoms with van der Waals surface area (Å²) in [6.07, 6.45) is 2.25. The fourth-order valence-electron chi connectivity index (χ4n) is 2.21. The Morgan fingerprint density at radius 3 is 2.88 bits per heavy atom. The molecule has 88 valence electrons. The summed E-state index contributed by atoms with van der Waals surface area (Å²) in [5.74, 6) is 1.14. The van der Waals surface area contributed by atoms with Gasteiger partial charge in [-0.25, -0.2) is 4.98 Å². The Morgan fingerprint density at radius 1 is 1.44 bits per heavy atom. The van der Waals surface area contributed by atoms with Crippen LogP contribution in [0.4, 0.5) is 5.82 Å². The number of likely N-dealkylation sites (N-methyl/N-ethyl adjacent to an activating group) is 1. The first-order valence-electron chi connectivity index (χ1n) is 6.08. The highest BCUT2D eigenvalue weighted by molar-refractivity contribution is 5.40. The number of nitrogens with zero attached hydrogens (tertiary/aromatic N) is 3. The van der Waals surface area contributed by atoms with E-state index in [0.29, 0.717) is 6.04 Å². The molecule has 1 saturated heterocycles. The Labute approximate surface area is 98.1 Å². The van der Waals surface area contributed by atoms with Crippen LogP contribution >= 0.6 is 0 Å². The van der Waals surface area contributed by atoms with Crippen LogP contribution < -0.4 is 4.90 Å². The third kappa shape index (κ3) is 2.35. The standard InChI is InChI=1S/C13H21N3/c1-4-11-6-5-7-13(14-11)16-9-8-12(10-16)15(2)3/h5-7,12H,4,8-10H2,1-3H3. The topological polar surface area (TPSA) is 19.4 Å². The van der Waals surface area contributed by atoms with Crippen LogP contribution in [0.5, 0.6) is 0 Å². The summed E-state index contributed by atoms with van der Waals surface area (Å²) in [5, 5.41) is 0. The van der Waals surface area contributed by atoms with Crippen molar-refractivity contribution in [1.29, 1.82) is 0 Å².